The number of hydrogen-bond acceptors (Lipinski definition) is 4. The van der Waals surface area contributed by atoms with Crippen LogP contribution >= 0.6 is 11.3 Å². The van der Waals surface area contributed by atoms with Crippen LogP contribution in [-0.2, 0) is 62.8 Å². The van der Waals surface area contributed by atoms with E-state index < -0.39 is 8.07 Å². The van der Waals surface area contributed by atoms with E-state index in [1.54, 1.807) is 0 Å². The van der Waals surface area contributed by atoms with Crippen molar-refractivity contribution in [3.63, 3.8) is 0 Å². The van der Waals surface area contributed by atoms with E-state index in [1.807, 2.05) is 45.2 Å². The maximum Gasteiger partial charge on any atom is 0.191 e. The van der Waals surface area contributed by atoms with Crippen molar-refractivity contribution in [3.8, 4) is 11.3 Å². The summed E-state index contributed by atoms with van der Waals surface area (Å²) in [7, 11) is -3.28. The van der Waals surface area contributed by atoms with Crippen molar-refractivity contribution in [2.45, 2.75) is 250 Å². The normalized spacial score (nSPS) is 13.4. The standard InChI is InChI=1S/C65H84NSSi.C13H24O2.Ir/c1-22-65(21,23-2)55-31-44(30-42-26-24-25-27-54(42)55)57-58-43(28-29-66-57)32-56(67-58)68(51-36-45(59(3,4)5)33-46(37-51)60(6,7)8,52-38-47(61(9,10)11)34-48(39-52)62(12,13)14)53-40-49(63(15,16)17)35-50(41-53)64(18,19)20;1-5-10(6-2)12(14)9-13(15)11(7-3)8-4;/h24-29,31-41H,22-23H2,1-21H3;9-11,14H,5-8H2,1-4H3;/q-1;;/b;12-9-;. The van der Waals surface area contributed by atoms with Crippen LogP contribution in [0.1, 0.15) is 251 Å². The van der Waals surface area contributed by atoms with Gasteiger partial charge in [0.15, 0.2) is 13.9 Å². The molecule has 84 heavy (non-hydrogen) atoms. The molecule has 0 spiro atoms. The van der Waals surface area contributed by atoms with E-state index in [4.69, 9.17) is 4.98 Å². The third-order valence-electron chi connectivity index (χ3n) is 18.4. The first-order chi connectivity index (χ1) is 38.3. The summed E-state index contributed by atoms with van der Waals surface area (Å²) in [5.74, 6) is 0.547. The monoisotopic (exact) mass is 1340 g/mol. The van der Waals surface area contributed by atoms with Gasteiger partial charge in [-0.3, -0.25) is 9.78 Å². The number of pyridine rings is 1. The van der Waals surface area contributed by atoms with Gasteiger partial charge in [-0.1, -0.05) is 257 Å². The first kappa shape index (κ1) is 70.3. The molecule has 0 saturated carbocycles. The molecule has 1 radical (unpaired) electrons. The van der Waals surface area contributed by atoms with Crippen molar-refractivity contribution >= 4 is 66.1 Å². The molecule has 2 aromatic heterocycles. The predicted molar refractivity (Wildman–Crippen MR) is 369 cm³/mol. The summed E-state index contributed by atoms with van der Waals surface area (Å²) >= 11 is 2.00. The van der Waals surface area contributed by atoms with Crippen LogP contribution in [0.15, 0.2) is 115 Å². The van der Waals surface area contributed by atoms with Crippen molar-refractivity contribution in [1.29, 1.82) is 0 Å². The molecule has 3 nitrogen and oxygen atoms in total. The van der Waals surface area contributed by atoms with Crippen LogP contribution < -0.4 is 20.1 Å². The first-order valence-corrected chi connectivity index (χ1v) is 34.4. The molecule has 0 bridgehead atoms. The zero-order valence-electron chi connectivity index (χ0n) is 56.8. The molecule has 0 amide bonds. The predicted octanol–water partition coefficient (Wildman–Crippen LogP) is 20.0. The average molecular weight is 1340 g/mol. The fourth-order valence-corrected chi connectivity index (χ4v) is 19.0. The molecule has 1 N–H and O–H groups in total. The van der Waals surface area contributed by atoms with Gasteiger partial charge in [-0.15, -0.1) is 40.5 Å². The van der Waals surface area contributed by atoms with Crippen molar-refractivity contribution in [3.05, 3.63) is 160 Å². The molecule has 6 heteroatoms. The van der Waals surface area contributed by atoms with E-state index in [-0.39, 0.29) is 81.4 Å². The Labute approximate surface area is 530 Å². The number of nitrogens with zero attached hydrogens (tertiary/aromatic N) is 1. The molecule has 2 heterocycles. The summed E-state index contributed by atoms with van der Waals surface area (Å²) in [5, 5.41) is 17.8. The van der Waals surface area contributed by atoms with Gasteiger partial charge < -0.3 is 5.11 Å². The molecule has 0 aliphatic rings. The fourth-order valence-electron chi connectivity index (χ4n) is 11.7. The van der Waals surface area contributed by atoms with Gasteiger partial charge in [0.25, 0.3) is 0 Å². The van der Waals surface area contributed by atoms with Crippen molar-refractivity contribution in [2.24, 2.45) is 11.8 Å². The Morgan fingerprint density at radius 1 is 0.536 bits per heavy atom. The molecule has 7 aromatic rings. The quantitative estimate of drug-likeness (QED) is 0.0366. The maximum absolute atomic E-state index is 11.7. The summed E-state index contributed by atoms with van der Waals surface area (Å²) in [4.78, 5) is 17.1. The van der Waals surface area contributed by atoms with Gasteiger partial charge >= 0.3 is 0 Å². The SMILES string of the molecule is CCC(C)(CC)c1cc(-c2nccc3cc([Si](c4cc(C(C)(C)C)cc(C(C)(C)C)c4)(c4cc(C(C)(C)C)cc(C(C)(C)C)c4)c4cc(C(C)(C)C)cc(C(C)(C)C)c4)sc23)[c-]c2ccccc12.CCC(CC)C(=O)/C=C(\O)C(CC)CC.[Ir]. The molecule has 0 atom stereocenters. The van der Waals surface area contributed by atoms with Gasteiger partial charge in [0.2, 0.25) is 0 Å². The number of thiophene rings is 1. The van der Waals surface area contributed by atoms with Crippen molar-refractivity contribution in [1.82, 2.24) is 4.98 Å². The number of aromatic nitrogens is 1. The molecular formula is C78H108IrNO2SSi-. The Morgan fingerprint density at radius 2 is 0.917 bits per heavy atom. The molecule has 457 valence electrons. The number of carbonyl (C=O) groups excluding carboxylic acids is 1. The smallest absolute Gasteiger partial charge is 0.191 e. The summed E-state index contributed by atoms with van der Waals surface area (Å²) in [5.41, 5.74) is 11.4. The van der Waals surface area contributed by atoms with Crippen LogP contribution in [0.25, 0.3) is 32.1 Å². The number of hydrogen-bond donors (Lipinski definition) is 1. The largest absolute Gasteiger partial charge is 0.512 e. The maximum atomic E-state index is 11.7. The van der Waals surface area contributed by atoms with E-state index in [0.29, 0.717) is 0 Å². The minimum atomic E-state index is -3.28. The van der Waals surface area contributed by atoms with Gasteiger partial charge in [-0.25, -0.2) is 0 Å². The number of ketones is 1. The Kier molecular flexibility index (Phi) is 22.2. The fraction of sp³-hybridized carbons (Fsp3) is 0.513. The van der Waals surface area contributed by atoms with E-state index in [1.165, 1.54) is 80.6 Å². The van der Waals surface area contributed by atoms with Crippen LogP contribution in [0.2, 0.25) is 0 Å². The Balaban J connectivity index is 0.000000708. The van der Waals surface area contributed by atoms with E-state index in [0.717, 1.165) is 55.2 Å². The second-order valence-corrected chi connectivity index (χ2v) is 35.9. The van der Waals surface area contributed by atoms with E-state index >= 15 is 0 Å². The first-order valence-electron chi connectivity index (χ1n) is 31.6. The molecule has 0 saturated heterocycles. The minimum absolute atomic E-state index is 0. The summed E-state index contributed by atoms with van der Waals surface area (Å²) < 4.78 is 2.68. The van der Waals surface area contributed by atoms with Crippen LogP contribution in [0.5, 0.6) is 0 Å². The molecular weight excluding hydrogens is 1240 g/mol. The molecule has 0 fully saturated rings. The zero-order valence-corrected chi connectivity index (χ0v) is 61.0. The second-order valence-electron chi connectivity index (χ2n) is 30.7. The zero-order chi connectivity index (χ0) is 62.2. The van der Waals surface area contributed by atoms with Gasteiger partial charge in [-0.05, 0) is 143 Å². The van der Waals surface area contributed by atoms with Gasteiger partial charge in [0.05, 0.1) is 5.76 Å². The van der Waals surface area contributed by atoms with E-state index in [2.05, 4.69) is 249 Å². The van der Waals surface area contributed by atoms with Crippen molar-refractivity contribution in [2.75, 3.05) is 0 Å². The summed E-state index contributed by atoms with van der Waals surface area (Å²) in [6, 6.07) is 43.5. The molecule has 0 aliphatic heterocycles. The van der Waals surface area contributed by atoms with Crippen molar-refractivity contribution < 1.29 is 30.0 Å². The number of benzene rings is 5. The summed E-state index contributed by atoms with van der Waals surface area (Å²) in [6.45, 7) is 58.3. The van der Waals surface area contributed by atoms with E-state index in [9.17, 15) is 9.90 Å². The number of rotatable bonds is 15. The van der Waals surface area contributed by atoms with Gasteiger partial charge in [-0.2, -0.15) is 0 Å². The van der Waals surface area contributed by atoms with Gasteiger partial charge in [0.1, 0.15) is 0 Å². The minimum Gasteiger partial charge on any atom is -0.512 e. The Bertz CT molecular complexity index is 3150. The van der Waals surface area contributed by atoms with Crippen LogP contribution in [0, 0.1) is 17.9 Å². The molecule has 7 rings (SSSR count). The number of aliphatic hydroxyl groups is 1. The number of carbonyl (C=O) groups is 1. The third-order valence-corrected chi connectivity index (χ3v) is 25.0. The van der Waals surface area contributed by atoms with Crippen LogP contribution in [-0.4, -0.2) is 23.9 Å². The second kappa shape index (κ2) is 26.5. The topological polar surface area (TPSA) is 50.2 Å². The molecule has 0 unspecified atom stereocenters. The van der Waals surface area contributed by atoms with Crippen LogP contribution in [0.4, 0.5) is 0 Å². The third kappa shape index (κ3) is 15.3. The van der Waals surface area contributed by atoms with Gasteiger partial charge in [0, 0.05) is 59.1 Å². The molecule has 0 aliphatic carbocycles. The Morgan fingerprint density at radius 3 is 1.27 bits per heavy atom. The Hall–Kier alpha value is -4.45. The number of allylic oxidation sites excluding steroid dienone is 2. The number of fused-ring (bicyclic) bond motifs is 2. The van der Waals surface area contributed by atoms with Crippen LogP contribution in [0.3, 0.4) is 0 Å². The average Bonchev–Trinajstić information content (AvgIpc) is 1.43. The molecule has 5 aromatic carbocycles. The summed E-state index contributed by atoms with van der Waals surface area (Å²) in [6.07, 6.45) is 9.07. The number of aliphatic hydroxyl groups excluding tert-OH is 1.